The van der Waals surface area contributed by atoms with Crippen molar-refractivity contribution in [3.05, 3.63) is 24.3 Å². The minimum absolute atomic E-state index is 0.0883. The van der Waals surface area contributed by atoms with Crippen molar-refractivity contribution in [1.29, 1.82) is 0 Å². The molecule has 0 unspecified atom stereocenters. The molecule has 2 rings (SSSR count). The molecular weight excluding hydrogens is 194 g/mol. The van der Waals surface area contributed by atoms with Crippen molar-refractivity contribution < 1.29 is 9.53 Å². The van der Waals surface area contributed by atoms with Crippen LogP contribution in [0.25, 0.3) is 5.65 Å². The van der Waals surface area contributed by atoms with Gasteiger partial charge >= 0.3 is 0 Å². The van der Waals surface area contributed by atoms with E-state index in [4.69, 9.17) is 4.74 Å². The van der Waals surface area contributed by atoms with Crippen LogP contribution in [0, 0.1) is 0 Å². The minimum Gasteiger partial charge on any atom is -0.481 e. The van der Waals surface area contributed by atoms with Crippen LogP contribution in [0.4, 0.5) is 0 Å². The first-order chi connectivity index (χ1) is 7.20. The highest BCUT2D eigenvalue weighted by Gasteiger charge is 2.07. The first-order valence-electron chi connectivity index (χ1n) is 4.56. The minimum atomic E-state index is 0.0883. The number of fused-ring (bicyclic) bond motifs is 1. The zero-order chi connectivity index (χ0) is 10.8. The summed E-state index contributed by atoms with van der Waals surface area (Å²) >= 11 is 0. The Hall–Kier alpha value is -1.91. The molecule has 2 aromatic rings. The van der Waals surface area contributed by atoms with E-state index < -0.39 is 0 Å². The number of nitrogens with zero attached hydrogens (tertiary/aromatic N) is 3. The lowest BCUT2D eigenvalue weighted by Gasteiger charge is -2.00. The van der Waals surface area contributed by atoms with Gasteiger partial charge in [-0.1, -0.05) is 0 Å². The summed E-state index contributed by atoms with van der Waals surface area (Å²) in [7, 11) is 1.57. The quantitative estimate of drug-likeness (QED) is 0.746. The van der Waals surface area contributed by atoms with Crippen LogP contribution >= 0.6 is 0 Å². The number of rotatable bonds is 3. The number of methoxy groups -OCH3 is 1. The van der Waals surface area contributed by atoms with Gasteiger partial charge in [0.1, 0.15) is 5.78 Å². The predicted molar refractivity (Wildman–Crippen MR) is 53.9 cm³/mol. The Morgan fingerprint density at radius 3 is 3.00 bits per heavy atom. The number of ketones is 1. The maximum absolute atomic E-state index is 10.9. The normalized spacial score (nSPS) is 10.5. The van der Waals surface area contributed by atoms with E-state index >= 15 is 0 Å². The molecule has 0 amide bonds. The maximum Gasteiger partial charge on any atom is 0.218 e. The first kappa shape index (κ1) is 9.64. The highest BCUT2D eigenvalue weighted by Crippen LogP contribution is 2.13. The molecule has 5 heteroatoms. The number of aromatic nitrogens is 3. The predicted octanol–water partition coefficient (Wildman–Crippen LogP) is 0.869. The van der Waals surface area contributed by atoms with Gasteiger partial charge in [0.15, 0.2) is 5.65 Å². The fourth-order valence-electron chi connectivity index (χ4n) is 1.43. The Kier molecular flexibility index (Phi) is 2.37. The average molecular weight is 205 g/mol. The fraction of sp³-hybridized carbons (Fsp3) is 0.300. The lowest BCUT2D eigenvalue weighted by atomic mass is 10.2. The lowest BCUT2D eigenvalue weighted by molar-refractivity contribution is -0.116. The van der Waals surface area contributed by atoms with Crippen molar-refractivity contribution in [2.75, 3.05) is 7.11 Å². The summed E-state index contributed by atoms with van der Waals surface area (Å²) in [4.78, 5) is 19.2. The SMILES string of the molecule is COc1cncc2nc(CC(C)=O)cn12. The molecule has 0 atom stereocenters. The zero-order valence-electron chi connectivity index (χ0n) is 8.60. The molecule has 0 aliphatic rings. The van der Waals surface area contributed by atoms with Gasteiger partial charge in [-0.05, 0) is 6.92 Å². The van der Waals surface area contributed by atoms with E-state index in [-0.39, 0.29) is 5.78 Å². The fourth-order valence-corrected chi connectivity index (χ4v) is 1.43. The van der Waals surface area contributed by atoms with E-state index in [1.807, 2.05) is 0 Å². The van der Waals surface area contributed by atoms with E-state index in [1.54, 1.807) is 37.0 Å². The largest absolute Gasteiger partial charge is 0.481 e. The van der Waals surface area contributed by atoms with Gasteiger partial charge in [0, 0.05) is 12.6 Å². The van der Waals surface area contributed by atoms with Crippen molar-refractivity contribution in [2.24, 2.45) is 0 Å². The summed E-state index contributed by atoms with van der Waals surface area (Å²) in [5, 5.41) is 0. The van der Waals surface area contributed by atoms with Gasteiger partial charge in [-0.2, -0.15) is 0 Å². The van der Waals surface area contributed by atoms with E-state index in [0.717, 1.165) is 5.69 Å². The molecule has 0 fully saturated rings. The topological polar surface area (TPSA) is 56.5 Å². The molecule has 0 saturated heterocycles. The molecule has 0 N–H and O–H groups in total. The molecule has 5 nitrogen and oxygen atoms in total. The third-order valence-electron chi connectivity index (χ3n) is 2.03. The van der Waals surface area contributed by atoms with Crippen LogP contribution in [0.3, 0.4) is 0 Å². The van der Waals surface area contributed by atoms with E-state index in [9.17, 15) is 4.79 Å². The van der Waals surface area contributed by atoms with Crippen LogP contribution < -0.4 is 4.74 Å². The van der Waals surface area contributed by atoms with Gasteiger partial charge < -0.3 is 4.74 Å². The summed E-state index contributed by atoms with van der Waals surface area (Å²) in [5.41, 5.74) is 1.42. The zero-order valence-corrected chi connectivity index (χ0v) is 8.60. The molecule has 0 aliphatic heterocycles. The number of ether oxygens (including phenoxy) is 1. The summed E-state index contributed by atoms with van der Waals surface area (Å²) < 4.78 is 6.89. The van der Waals surface area contributed by atoms with E-state index in [2.05, 4.69) is 9.97 Å². The number of imidazole rings is 1. The Bertz CT molecular complexity index is 504. The molecule has 15 heavy (non-hydrogen) atoms. The number of Topliss-reactive ketones (excluding diaryl/α,β-unsaturated/α-hetero) is 1. The van der Waals surface area contributed by atoms with Crippen LogP contribution in [0.1, 0.15) is 12.6 Å². The highest BCUT2D eigenvalue weighted by atomic mass is 16.5. The van der Waals surface area contributed by atoms with Gasteiger partial charge in [-0.3, -0.25) is 14.2 Å². The second-order valence-corrected chi connectivity index (χ2v) is 3.29. The van der Waals surface area contributed by atoms with Gasteiger partial charge in [0.05, 0.1) is 25.2 Å². The number of carbonyl (C=O) groups is 1. The molecule has 78 valence electrons. The molecule has 0 aliphatic carbocycles. The van der Waals surface area contributed by atoms with Crippen LogP contribution in [0.5, 0.6) is 5.88 Å². The molecule has 0 radical (unpaired) electrons. The number of hydrogen-bond donors (Lipinski definition) is 0. The Morgan fingerprint density at radius 1 is 1.53 bits per heavy atom. The Morgan fingerprint density at radius 2 is 2.33 bits per heavy atom. The number of carbonyl (C=O) groups excluding carboxylic acids is 1. The van der Waals surface area contributed by atoms with Crippen molar-refractivity contribution >= 4 is 11.4 Å². The van der Waals surface area contributed by atoms with Crippen molar-refractivity contribution in [3.63, 3.8) is 0 Å². The second kappa shape index (κ2) is 3.68. The molecule has 2 heterocycles. The van der Waals surface area contributed by atoms with Gasteiger partial charge in [0.25, 0.3) is 0 Å². The molecule has 0 saturated carbocycles. The monoisotopic (exact) mass is 205 g/mol. The van der Waals surface area contributed by atoms with Gasteiger partial charge in [-0.25, -0.2) is 4.98 Å². The van der Waals surface area contributed by atoms with E-state index in [0.29, 0.717) is 17.9 Å². The third-order valence-corrected chi connectivity index (χ3v) is 2.03. The van der Waals surface area contributed by atoms with E-state index in [1.165, 1.54) is 0 Å². The van der Waals surface area contributed by atoms with Crippen molar-refractivity contribution in [3.8, 4) is 5.88 Å². The van der Waals surface area contributed by atoms with Crippen LogP contribution in [0.2, 0.25) is 0 Å². The lowest BCUT2D eigenvalue weighted by Crippen LogP contribution is -1.95. The molecule has 2 aromatic heterocycles. The summed E-state index contributed by atoms with van der Waals surface area (Å²) in [6.45, 7) is 1.54. The standard InChI is InChI=1S/C10H11N3O2/c1-7(14)3-8-6-13-9(12-8)4-11-5-10(13)15-2/h4-6H,3H2,1-2H3. The molecular formula is C10H11N3O2. The Labute approximate surface area is 86.7 Å². The third kappa shape index (κ3) is 1.81. The smallest absolute Gasteiger partial charge is 0.218 e. The van der Waals surface area contributed by atoms with Gasteiger partial charge in [0.2, 0.25) is 5.88 Å². The van der Waals surface area contributed by atoms with Crippen molar-refractivity contribution in [2.45, 2.75) is 13.3 Å². The molecule has 0 spiro atoms. The average Bonchev–Trinajstić information content (AvgIpc) is 2.58. The van der Waals surface area contributed by atoms with Crippen molar-refractivity contribution in [1.82, 2.24) is 14.4 Å². The van der Waals surface area contributed by atoms with Crippen LogP contribution in [-0.4, -0.2) is 27.3 Å². The summed E-state index contributed by atoms with van der Waals surface area (Å²) in [6.07, 6.45) is 5.36. The number of hydrogen-bond acceptors (Lipinski definition) is 4. The van der Waals surface area contributed by atoms with Crippen LogP contribution in [0.15, 0.2) is 18.6 Å². The molecule has 0 aromatic carbocycles. The highest BCUT2D eigenvalue weighted by molar-refractivity contribution is 5.77. The Balaban J connectivity index is 2.50. The summed E-state index contributed by atoms with van der Waals surface area (Å²) in [5.74, 6) is 0.695. The van der Waals surface area contributed by atoms with Crippen LogP contribution in [-0.2, 0) is 11.2 Å². The van der Waals surface area contributed by atoms with Gasteiger partial charge in [-0.15, -0.1) is 0 Å². The molecule has 0 bridgehead atoms. The first-order valence-corrected chi connectivity index (χ1v) is 4.56. The second-order valence-electron chi connectivity index (χ2n) is 3.29. The summed E-state index contributed by atoms with van der Waals surface area (Å²) in [6, 6.07) is 0. The maximum atomic E-state index is 10.9.